The Hall–Kier alpha value is -2.28. The lowest BCUT2D eigenvalue weighted by Crippen LogP contribution is -2.27. The van der Waals surface area contributed by atoms with Crippen molar-refractivity contribution in [2.75, 3.05) is 11.9 Å². The molecule has 3 rings (SSSR count). The number of carbonyl (C=O) groups is 2. The molecule has 0 saturated heterocycles. The van der Waals surface area contributed by atoms with Gasteiger partial charge in [0, 0.05) is 24.4 Å². The Balaban J connectivity index is 1.41. The maximum Gasteiger partial charge on any atom is 0.251 e. The molecule has 2 aromatic rings. The van der Waals surface area contributed by atoms with Crippen LogP contribution in [0.5, 0.6) is 0 Å². The third-order valence-electron chi connectivity index (χ3n) is 3.81. The lowest BCUT2D eigenvalue weighted by Gasteiger charge is -2.21. The predicted octanol–water partition coefficient (Wildman–Crippen LogP) is 2.56. The van der Waals surface area contributed by atoms with E-state index in [2.05, 4.69) is 20.8 Å². The minimum absolute atomic E-state index is 0.172. The van der Waals surface area contributed by atoms with E-state index in [-0.39, 0.29) is 24.8 Å². The Kier molecular flexibility index (Phi) is 4.97. The molecule has 7 heteroatoms. The molecule has 0 bridgehead atoms. The topological polar surface area (TPSA) is 84.0 Å². The molecule has 1 saturated carbocycles. The molecule has 0 radical (unpaired) electrons. The smallest absolute Gasteiger partial charge is 0.251 e. The van der Waals surface area contributed by atoms with Crippen LogP contribution in [-0.4, -0.2) is 28.6 Å². The number of nitrogens with zero attached hydrogens (tertiary/aromatic N) is 2. The second-order valence-corrected chi connectivity index (χ2v) is 6.50. The average molecular weight is 330 g/mol. The number of carbonyl (C=O) groups excluding carboxylic acids is 2. The standard InChI is InChI=1S/C16H18N4O2S/c21-13(9-10-17-14(22)11-5-2-1-3-6-11)18-16-20-19-15(23-16)12-7-4-8-12/h1-3,5-6,12H,4,7-10H2,(H,17,22)(H,18,20,21). The van der Waals surface area contributed by atoms with Gasteiger partial charge in [-0.2, -0.15) is 0 Å². The highest BCUT2D eigenvalue weighted by Gasteiger charge is 2.23. The lowest BCUT2D eigenvalue weighted by molar-refractivity contribution is -0.116. The van der Waals surface area contributed by atoms with Gasteiger partial charge < -0.3 is 10.6 Å². The highest BCUT2D eigenvalue weighted by molar-refractivity contribution is 7.15. The summed E-state index contributed by atoms with van der Waals surface area (Å²) in [5.41, 5.74) is 0.585. The second-order valence-electron chi connectivity index (χ2n) is 5.49. The lowest BCUT2D eigenvalue weighted by atomic mass is 9.86. The van der Waals surface area contributed by atoms with E-state index in [1.165, 1.54) is 17.8 Å². The third kappa shape index (κ3) is 4.13. The molecular weight excluding hydrogens is 312 g/mol. The molecule has 1 aliphatic carbocycles. The number of hydrogen-bond donors (Lipinski definition) is 2. The van der Waals surface area contributed by atoms with Crippen LogP contribution in [0.2, 0.25) is 0 Å². The molecule has 0 unspecified atom stereocenters. The predicted molar refractivity (Wildman–Crippen MR) is 88.5 cm³/mol. The molecular formula is C16H18N4O2S. The summed E-state index contributed by atoms with van der Waals surface area (Å²) >= 11 is 1.44. The molecule has 1 fully saturated rings. The van der Waals surface area contributed by atoms with Gasteiger partial charge >= 0.3 is 0 Å². The van der Waals surface area contributed by atoms with Gasteiger partial charge in [-0.15, -0.1) is 10.2 Å². The molecule has 0 aliphatic heterocycles. The summed E-state index contributed by atoms with van der Waals surface area (Å²) < 4.78 is 0. The number of amides is 2. The van der Waals surface area contributed by atoms with Gasteiger partial charge in [-0.05, 0) is 25.0 Å². The normalized spacial score (nSPS) is 14.1. The summed E-state index contributed by atoms with van der Waals surface area (Å²) in [4.78, 5) is 23.7. The zero-order valence-electron chi connectivity index (χ0n) is 12.6. The first-order valence-corrected chi connectivity index (χ1v) is 8.50. The van der Waals surface area contributed by atoms with E-state index in [1.807, 2.05) is 6.07 Å². The Morgan fingerprint density at radius 1 is 1.17 bits per heavy atom. The first kappa shape index (κ1) is 15.6. The summed E-state index contributed by atoms with van der Waals surface area (Å²) in [5, 5.41) is 15.1. The van der Waals surface area contributed by atoms with E-state index in [0.29, 0.717) is 16.6 Å². The number of aromatic nitrogens is 2. The van der Waals surface area contributed by atoms with Crippen LogP contribution in [0.4, 0.5) is 5.13 Å². The summed E-state index contributed by atoms with van der Waals surface area (Å²) in [6.45, 7) is 0.286. The molecule has 6 nitrogen and oxygen atoms in total. The fourth-order valence-electron chi connectivity index (χ4n) is 2.27. The summed E-state index contributed by atoms with van der Waals surface area (Å²) in [7, 11) is 0. The van der Waals surface area contributed by atoms with E-state index in [9.17, 15) is 9.59 Å². The Morgan fingerprint density at radius 2 is 1.96 bits per heavy atom. The Bertz CT molecular complexity index is 682. The van der Waals surface area contributed by atoms with Gasteiger partial charge in [0.1, 0.15) is 5.01 Å². The van der Waals surface area contributed by atoms with Crippen LogP contribution >= 0.6 is 11.3 Å². The van der Waals surface area contributed by atoms with Gasteiger partial charge in [0.2, 0.25) is 11.0 Å². The molecule has 2 amide bonds. The largest absolute Gasteiger partial charge is 0.352 e. The van der Waals surface area contributed by atoms with E-state index < -0.39 is 0 Å². The minimum atomic E-state index is -0.179. The Morgan fingerprint density at radius 3 is 2.65 bits per heavy atom. The molecule has 1 aromatic heterocycles. The third-order valence-corrected chi connectivity index (χ3v) is 4.82. The van der Waals surface area contributed by atoms with Crippen LogP contribution in [0, 0.1) is 0 Å². The number of hydrogen-bond acceptors (Lipinski definition) is 5. The average Bonchev–Trinajstić information content (AvgIpc) is 2.94. The van der Waals surface area contributed by atoms with E-state index in [1.54, 1.807) is 24.3 Å². The van der Waals surface area contributed by atoms with E-state index in [0.717, 1.165) is 17.8 Å². The van der Waals surface area contributed by atoms with E-state index >= 15 is 0 Å². The number of benzene rings is 1. The van der Waals surface area contributed by atoms with E-state index in [4.69, 9.17) is 0 Å². The van der Waals surface area contributed by atoms with Gasteiger partial charge in [0.05, 0.1) is 0 Å². The summed E-state index contributed by atoms with van der Waals surface area (Å²) in [5.74, 6) is 0.166. The van der Waals surface area contributed by atoms with Gasteiger partial charge in [-0.3, -0.25) is 9.59 Å². The van der Waals surface area contributed by atoms with Crippen molar-refractivity contribution >= 4 is 28.3 Å². The summed E-state index contributed by atoms with van der Waals surface area (Å²) in [6, 6.07) is 8.93. The van der Waals surface area contributed by atoms with Crippen molar-refractivity contribution in [1.82, 2.24) is 15.5 Å². The molecule has 2 N–H and O–H groups in total. The first-order chi connectivity index (χ1) is 11.2. The number of nitrogens with one attached hydrogen (secondary N) is 2. The monoisotopic (exact) mass is 330 g/mol. The van der Waals surface area contributed by atoms with Crippen molar-refractivity contribution in [2.45, 2.75) is 31.6 Å². The van der Waals surface area contributed by atoms with Crippen LogP contribution in [0.25, 0.3) is 0 Å². The van der Waals surface area contributed by atoms with Gasteiger partial charge in [-0.25, -0.2) is 0 Å². The maximum absolute atomic E-state index is 11.9. The van der Waals surface area contributed by atoms with Gasteiger partial charge in [-0.1, -0.05) is 36.0 Å². The molecule has 1 aliphatic rings. The molecule has 0 spiro atoms. The van der Waals surface area contributed by atoms with Crippen molar-refractivity contribution in [3.05, 3.63) is 40.9 Å². The minimum Gasteiger partial charge on any atom is -0.352 e. The molecule has 23 heavy (non-hydrogen) atoms. The fraction of sp³-hybridized carbons (Fsp3) is 0.375. The van der Waals surface area contributed by atoms with Crippen LogP contribution < -0.4 is 10.6 Å². The highest BCUT2D eigenvalue weighted by Crippen LogP contribution is 2.38. The zero-order valence-corrected chi connectivity index (χ0v) is 13.4. The molecule has 0 atom stereocenters. The molecule has 1 heterocycles. The Labute approximate surface area is 138 Å². The van der Waals surface area contributed by atoms with Gasteiger partial charge in [0.15, 0.2) is 0 Å². The fourth-order valence-corrected chi connectivity index (χ4v) is 3.20. The highest BCUT2D eigenvalue weighted by atomic mass is 32.1. The van der Waals surface area contributed by atoms with Gasteiger partial charge in [0.25, 0.3) is 5.91 Å². The first-order valence-electron chi connectivity index (χ1n) is 7.69. The van der Waals surface area contributed by atoms with Crippen molar-refractivity contribution < 1.29 is 9.59 Å². The van der Waals surface area contributed by atoms with Crippen molar-refractivity contribution in [3.8, 4) is 0 Å². The second kappa shape index (κ2) is 7.32. The van der Waals surface area contributed by atoms with Crippen molar-refractivity contribution in [2.24, 2.45) is 0 Å². The number of anilines is 1. The quantitative estimate of drug-likeness (QED) is 0.852. The molecule has 1 aromatic carbocycles. The SMILES string of the molecule is O=C(CCNC(=O)c1ccccc1)Nc1nnc(C2CCC2)s1. The zero-order chi connectivity index (χ0) is 16.1. The summed E-state index contributed by atoms with van der Waals surface area (Å²) in [6.07, 6.45) is 3.77. The van der Waals surface area contributed by atoms with Crippen LogP contribution in [0.15, 0.2) is 30.3 Å². The van der Waals surface area contributed by atoms with Crippen LogP contribution in [0.1, 0.15) is 47.0 Å². The van der Waals surface area contributed by atoms with Crippen molar-refractivity contribution in [3.63, 3.8) is 0 Å². The maximum atomic E-state index is 11.9. The number of rotatable bonds is 6. The van der Waals surface area contributed by atoms with Crippen LogP contribution in [0.3, 0.4) is 0 Å². The van der Waals surface area contributed by atoms with Crippen LogP contribution in [-0.2, 0) is 4.79 Å². The molecule has 120 valence electrons. The van der Waals surface area contributed by atoms with Crippen molar-refractivity contribution in [1.29, 1.82) is 0 Å².